The van der Waals surface area contributed by atoms with Crippen LogP contribution in [-0.4, -0.2) is 9.13 Å². The molecule has 0 aliphatic rings. The molecule has 0 radical (unpaired) electrons. The summed E-state index contributed by atoms with van der Waals surface area (Å²) in [7, 11) is 0. The Labute approximate surface area is 301 Å². The van der Waals surface area contributed by atoms with Crippen molar-refractivity contribution < 1.29 is 0 Å². The molecule has 0 amide bonds. The van der Waals surface area contributed by atoms with Crippen molar-refractivity contribution in [1.82, 2.24) is 9.13 Å². The van der Waals surface area contributed by atoms with Crippen molar-refractivity contribution in [2.45, 2.75) is 6.54 Å². The molecule has 0 spiro atoms. The maximum atomic E-state index is 6.73. The molecule has 10 aromatic rings. The van der Waals surface area contributed by atoms with Crippen molar-refractivity contribution >= 4 is 76.4 Å². The summed E-state index contributed by atoms with van der Waals surface area (Å²) in [5.74, 6) is 0. The first kappa shape index (κ1) is 30.0. The van der Waals surface area contributed by atoms with Crippen LogP contribution in [0.1, 0.15) is 11.1 Å². The third kappa shape index (κ3) is 4.74. The van der Waals surface area contributed by atoms with Crippen LogP contribution < -0.4 is 5.73 Å². The molecule has 0 unspecified atom stereocenters. The molecule has 52 heavy (non-hydrogen) atoms. The second-order valence-electron chi connectivity index (χ2n) is 13.5. The van der Waals surface area contributed by atoms with Gasteiger partial charge in [-0.3, -0.25) is 0 Å². The normalized spacial score (nSPS) is 12.6. The number of hydrogen-bond donors (Lipinski definition) is 1. The third-order valence-electron chi connectivity index (χ3n) is 10.6. The van der Waals surface area contributed by atoms with Gasteiger partial charge in [0, 0.05) is 55.8 Å². The Balaban J connectivity index is 1.26. The smallest absolute Gasteiger partial charge is 0.0625 e. The van der Waals surface area contributed by atoms with Crippen molar-refractivity contribution in [2.75, 3.05) is 0 Å². The fraction of sp³-hybridized carbons (Fsp3) is 0.0204. The number of nitrogens with zero attached hydrogens (tertiary/aromatic N) is 2. The van der Waals surface area contributed by atoms with E-state index in [4.69, 9.17) is 5.73 Å². The van der Waals surface area contributed by atoms with Crippen LogP contribution in [0.25, 0.3) is 82.1 Å². The van der Waals surface area contributed by atoms with E-state index in [1.165, 1.54) is 65.2 Å². The molecule has 246 valence electrons. The van der Waals surface area contributed by atoms with E-state index in [1.807, 2.05) is 18.2 Å². The molecule has 10 rings (SSSR count). The zero-order valence-corrected chi connectivity index (χ0v) is 28.6. The minimum atomic E-state index is 0.679. The molecular weight excluding hydrogens is 631 g/mol. The number of benzene rings is 8. The largest absolute Gasteiger partial charge is 0.398 e. The number of rotatable bonds is 6. The van der Waals surface area contributed by atoms with Crippen molar-refractivity contribution in [2.24, 2.45) is 5.73 Å². The predicted molar refractivity (Wildman–Crippen MR) is 222 cm³/mol. The number of fused-ring (bicyclic) bond motifs is 11. The Morgan fingerprint density at radius 3 is 1.69 bits per heavy atom. The van der Waals surface area contributed by atoms with Gasteiger partial charge in [0.2, 0.25) is 0 Å². The molecule has 3 nitrogen and oxygen atoms in total. The second kappa shape index (κ2) is 12.2. The lowest BCUT2D eigenvalue weighted by atomic mass is 9.97. The van der Waals surface area contributed by atoms with Crippen LogP contribution in [0.15, 0.2) is 188 Å². The van der Waals surface area contributed by atoms with Gasteiger partial charge in [-0.05, 0) is 57.8 Å². The molecule has 0 fully saturated rings. The highest BCUT2D eigenvalue weighted by Gasteiger charge is 2.19. The summed E-state index contributed by atoms with van der Waals surface area (Å²) < 4.78 is 4.94. The number of aromatic nitrogens is 2. The number of allylic oxidation sites excluding steroid dienone is 3. The van der Waals surface area contributed by atoms with Gasteiger partial charge < -0.3 is 14.9 Å². The first-order valence-corrected chi connectivity index (χ1v) is 17.9. The Bertz CT molecular complexity index is 3020. The molecule has 0 saturated heterocycles. The summed E-state index contributed by atoms with van der Waals surface area (Å²) in [6.45, 7) is 0.679. The first-order valence-electron chi connectivity index (χ1n) is 17.9. The van der Waals surface area contributed by atoms with Crippen LogP contribution in [0.5, 0.6) is 0 Å². The summed E-state index contributed by atoms with van der Waals surface area (Å²) in [5.41, 5.74) is 16.8. The van der Waals surface area contributed by atoms with Crippen LogP contribution in [0.3, 0.4) is 0 Å². The van der Waals surface area contributed by atoms with E-state index < -0.39 is 0 Å². The van der Waals surface area contributed by atoms with Gasteiger partial charge in [0.15, 0.2) is 0 Å². The van der Waals surface area contributed by atoms with Gasteiger partial charge >= 0.3 is 0 Å². The van der Waals surface area contributed by atoms with E-state index in [-0.39, 0.29) is 0 Å². The fourth-order valence-electron chi connectivity index (χ4n) is 8.23. The summed E-state index contributed by atoms with van der Waals surface area (Å²) in [6.07, 6.45) is 4.44. The minimum absolute atomic E-state index is 0.679. The van der Waals surface area contributed by atoms with Gasteiger partial charge in [-0.1, -0.05) is 158 Å². The van der Waals surface area contributed by atoms with Crippen LogP contribution >= 0.6 is 0 Å². The van der Waals surface area contributed by atoms with E-state index in [0.29, 0.717) is 6.54 Å². The molecule has 0 aliphatic heterocycles. The topological polar surface area (TPSA) is 35.9 Å². The highest BCUT2D eigenvalue weighted by atomic mass is 15.0. The second-order valence-corrected chi connectivity index (χ2v) is 13.5. The van der Waals surface area contributed by atoms with Crippen molar-refractivity contribution in [3.8, 4) is 5.69 Å². The molecular formula is C49H35N3. The average Bonchev–Trinajstić information content (AvgIpc) is 3.73. The summed E-state index contributed by atoms with van der Waals surface area (Å²) in [4.78, 5) is 0. The molecule has 3 heteroatoms. The van der Waals surface area contributed by atoms with Gasteiger partial charge in [0.25, 0.3) is 0 Å². The summed E-state index contributed by atoms with van der Waals surface area (Å²) >= 11 is 0. The average molecular weight is 666 g/mol. The van der Waals surface area contributed by atoms with E-state index in [0.717, 1.165) is 28.1 Å². The third-order valence-corrected chi connectivity index (χ3v) is 10.6. The lowest BCUT2D eigenvalue weighted by Crippen LogP contribution is -1.99. The quantitative estimate of drug-likeness (QED) is 0.139. The maximum Gasteiger partial charge on any atom is 0.0625 e. The van der Waals surface area contributed by atoms with Gasteiger partial charge in [-0.25, -0.2) is 0 Å². The van der Waals surface area contributed by atoms with Crippen molar-refractivity contribution in [3.05, 3.63) is 199 Å². The standard InChI is InChI=1S/C49H35N3/c50-44(34-16-6-2-7-17-34)32-36(33-14-4-1-5-15-33)30-31-51-45-22-12-10-20-38(45)41-29-28-40-43(48(41)51)27-25-35-24-26-42-39-21-11-13-23-46(39)52(49(42)47(35)40)37-18-8-3-9-19-37/h1-30,32H,31,50H2/b36-30+,44-32-. The Hall–Kier alpha value is -6.84. The zero-order chi connectivity index (χ0) is 34.6. The highest BCUT2D eigenvalue weighted by molar-refractivity contribution is 6.29. The van der Waals surface area contributed by atoms with E-state index >= 15 is 0 Å². The number of nitrogens with two attached hydrogens (primary N) is 1. The summed E-state index contributed by atoms with van der Waals surface area (Å²) in [6, 6.07) is 63.0. The molecule has 8 aromatic carbocycles. The Morgan fingerprint density at radius 1 is 0.462 bits per heavy atom. The first-order chi connectivity index (χ1) is 25.7. The Kier molecular flexibility index (Phi) is 7.04. The number of para-hydroxylation sites is 3. The maximum absolute atomic E-state index is 6.73. The Morgan fingerprint density at radius 2 is 0.981 bits per heavy atom. The highest BCUT2D eigenvalue weighted by Crippen LogP contribution is 2.42. The molecule has 2 aromatic heterocycles. The van der Waals surface area contributed by atoms with E-state index in [1.54, 1.807) is 0 Å². The van der Waals surface area contributed by atoms with Gasteiger partial charge in [-0.2, -0.15) is 0 Å². The molecule has 0 bridgehead atoms. The molecule has 0 atom stereocenters. The van der Waals surface area contributed by atoms with Crippen LogP contribution in [0.2, 0.25) is 0 Å². The number of hydrogen-bond acceptors (Lipinski definition) is 1. The monoisotopic (exact) mass is 665 g/mol. The SMILES string of the molecule is N/C(=C\C(=C/Cn1c2ccccc2c2ccc3c(ccc4ccc5c6ccccc6n(-c6ccccc6)c5c43)c21)c1ccccc1)c1ccccc1. The van der Waals surface area contributed by atoms with Crippen LogP contribution in [0, 0.1) is 0 Å². The fourth-order valence-corrected chi connectivity index (χ4v) is 8.23. The molecule has 2 heterocycles. The minimum Gasteiger partial charge on any atom is -0.398 e. The molecule has 0 aliphatic carbocycles. The predicted octanol–water partition coefficient (Wildman–Crippen LogP) is 12.3. The van der Waals surface area contributed by atoms with Gasteiger partial charge in [0.1, 0.15) is 0 Å². The zero-order valence-electron chi connectivity index (χ0n) is 28.6. The van der Waals surface area contributed by atoms with Crippen molar-refractivity contribution in [1.29, 1.82) is 0 Å². The van der Waals surface area contributed by atoms with Gasteiger partial charge in [0.05, 0.1) is 16.6 Å². The van der Waals surface area contributed by atoms with Gasteiger partial charge in [-0.15, -0.1) is 0 Å². The van der Waals surface area contributed by atoms with E-state index in [2.05, 4.69) is 179 Å². The summed E-state index contributed by atoms with van der Waals surface area (Å²) in [5, 5.41) is 10.0. The van der Waals surface area contributed by atoms with Crippen molar-refractivity contribution in [3.63, 3.8) is 0 Å². The lowest BCUT2D eigenvalue weighted by Gasteiger charge is -2.14. The molecule has 2 N–H and O–H groups in total. The van der Waals surface area contributed by atoms with Crippen LogP contribution in [0.4, 0.5) is 0 Å². The molecule has 0 saturated carbocycles. The van der Waals surface area contributed by atoms with E-state index in [9.17, 15) is 0 Å². The van der Waals surface area contributed by atoms with Crippen LogP contribution in [-0.2, 0) is 6.54 Å². The lowest BCUT2D eigenvalue weighted by molar-refractivity contribution is 0.903.